The van der Waals surface area contributed by atoms with Gasteiger partial charge in [-0.05, 0) is 30.4 Å². The van der Waals surface area contributed by atoms with Crippen molar-refractivity contribution in [3.05, 3.63) is 46.8 Å². The first-order valence-electron chi connectivity index (χ1n) is 6.83. The Morgan fingerprint density at radius 3 is 2.37 bits per heavy atom. The summed E-state index contributed by atoms with van der Waals surface area (Å²) in [5, 5.41) is 2.93. The van der Waals surface area contributed by atoms with Crippen molar-refractivity contribution in [2.75, 3.05) is 12.4 Å². The summed E-state index contributed by atoms with van der Waals surface area (Å²) in [5.74, 6) is 1.56. The fourth-order valence-corrected chi connectivity index (χ4v) is 2.09. The van der Waals surface area contributed by atoms with Gasteiger partial charge in [0.05, 0.1) is 5.69 Å². The number of aromatic nitrogens is 1. The molecule has 0 saturated carbocycles. The van der Waals surface area contributed by atoms with Gasteiger partial charge in [-0.15, -0.1) is 0 Å². The summed E-state index contributed by atoms with van der Waals surface area (Å²) in [4.78, 5) is 4.30. The number of benzene rings is 1. The van der Waals surface area contributed by atoms with E-state index in [1.165, 1.54) is 11.1 Å². The van der Waals surface area contributed by atoms with Crippen LogP contribution in [0.3, 0.4) is 0 Å². The molecule has 2 rings (SSSR count). The Kier molecular flexibility index (Phi) is 4.25. The van der Waals surface area contributed by atoms with Crippen LogP contribution in [0.4, 0.5) is 6.01 Å². The highest BCUT2D eigenvalue weighted by molar-refractivity contribution is 5.27. The van der Waals surface area contributed by atoms with E-state index < -0.39 is 0 Å². The van der Waals surface area contributed by atoms with Gasteiger partial charge in [0.15, 0.2) is 0 Å². The number of hydrogen-bond acceptors (Lipinski definition) is 3. The first-order chi connectivity index (χ1) is 9.10. The Bertz CT molecular complexity index is 526. The molecular formula is C16H22N2O. The molecule has 0 aliphatic heterocycles. The number of nitrogens with zero attached hydrogens (tertiary/aromatic N) is 1. The number of hydrogen-bond donors (Lipinski definition) is 1. The van der Waals surface area contributed by atoms with Gasteiger partial charge < -0.3 is 9.73 Å². The second-order valence-corrected chi connectivity index (χ2v) is 5.17. The topological polar surface area (TPSA) is 38.1 Å². The minimum absolute atomic E-state index is 0.587. The van der Waals surface area contributed by atoms with Gasteiger partial charge in [-0.25, -0.2) is 0 Å². The second kappa shape index (κ2) is 5.91. The van der Waals surface area contributed by atoms with Gasteiger partial charge in [0, 0.05) is 13.5 Å². The third-order valence-corrected chi connectivity index (χ3v) is 3.39. The predicted molar refractivity (Wildman–Crippen MR) is 78.7 cm³/mol. The molecule has 1 N–H and O–H groups in total. The van der Waals surface area contributed by atoms with Crippen LogP contribution in [-0.2, 0) is 12.8 Å². The quantitative estimate of drug-likeness (QED) is 0.883. The fourth-order valence-electron chi connectivity index (χ4n) is 2.09. The molecule has 0 saturated heterocycles. The zero-order valence-corrected chi connectivity index (χ0v) is 12.2. The molecule has 0 atom stereocenters. The van der Waals surface area contributed by atoms with Gasteiger partial charge in [-0.3, -0.25) is 0 Å². The number of nitrogens with one attached hydrogen (secondary N) is 1. The normalized spacial score (nSPS) is 11.0. The monoisotopic (exact) mass is 258 g/mol. The number of aryl methyl sites for hydroxylation is 3. The lowest BCUT2D eigenvalue weighted by molar-refractivity contribution is 0.516. The molecule has 3 nitrogen and oxygen atoms in total. The zero-order chi connectivity index (χ0) is 13.8. The summed E-state index contributed by atoms with van der Waals surface area (Å²) in [5.41, 5.74) is 3.70. The molecule has 3 heteroatoms. The van der Waals surface area contributed by atoms with Crippen LogP contribution in [0.15, 0.2) is 28.7 Å². The van der Waals surface area contributed by atoms with E-state index in [0.717, 1.165) is 24.3 Å². The zero-order valence-electron chi connectivity index (χ0n) is 12.2. The van der Waals surface area contributed by atoms with Crippen LogP contribution in [0, 0.1) is 6.92 Å². The molecule has 102 valence electrons. The Morgan fingerprint density at radius 1 is 1.16 bits per heavy atom. The molecule has 1 heterocycles. The van der Waals surface area contributed by atoms with Gasteiger partial charge in [0.25, 0.3) is 6.01 Å². The predicted octanol–water partition coefficient (Wildman–Crippen LogP) is 3.93. The summed E-state index contributed by atoms with van der Waals surface area (Å²) >= 11 is 0. The van der Waals surface area contributed by atoms with Crippen LogP contribution in [0.1, 0.15) is 42.3 Å². The van der Waals surface area contributed by atoms with E-state index in [2.05, 4.69) is 48.4 Å². The van der Waals surface area contributed by atoms with Crippen LogP contribution in [0.2, 0.25) is 0 Å². The van der Waals surface area contributed by atoms with Crippen molar-refractivity contribution in [2.45, 2.75) is 39.5 Å². The Hall–Kier alpha value is -1.77. The van der Waals surface area contributed by atoms with Crippen LogP contribution >= 0.6 is 0 Å². The molecule has 19 heavy (non-hydrogen) atoms. The van der Waals surface area contributed by atoms with E-state index in [9.17, 15) is 0 Å². The Morgan fingerprint density at radius 2 is 1.84 bits per heavy atom. The van der Waals surface area contributed by atoms with Gasteiger partial charge in [-0.2, -0.15) is 4.98 Å². The van der Waals surface area contributed by atoms with Crippen molar-refractivity contribution in [1.29, 1.82) is 0 Å². The molecule has 0 amide bonds. The minimum Gasteiger partial charge on any atom is -0.428 e. The molecule has 0 fully saturated rings. The Labute approximate surface area is 115 Å². The smallest absolute Gasteiger partial charge is 0.294 e. The van der Waals surface area contributed by atoms with E-state index in [0.29, 0.717) is 11.9 Å². The number of anilines is 1. The molecule has 0 spiro atoms. The lowest BCUT2D eigenvalue weighted by atomic mass is 10.00. The second-order valence-electron chi connectivity index (χ2n) is 5.17. The highest BCUT2D eigenvalue weighted by Crippen LogP contribution is 2.18. The summed E-state index contributed by atoms with van der Waals surface area (Å²) in [7, 11) is 1.82. The lowest BCUT2D eigenvalue weighted by Gasteiger charge is -2.06. The van der Waals surface area contributed by atoms with E-state index in [-0.39, 0.29) is 0 Å². The summed E-state index contributed by atoms with van der Waals surface area (Å²) in [6, 6.07) is 9.45. The fraction of sp³-hybridized carbons (Fsp3) is 0.438. The maximum atomic E-state index is 5.63. The third-order valence-electron chi connectivity index (χ3n) is 3.39. The van der Waals surface area contributed by atoms with Crippen molar-refractivity contribution >= 4 is 6.01 Å². The van der Waals surface area contributed by atoms with E-state index >= 15 is 0 Å². The third kappa shape index (κ3) is 3.37. The highest BCUT2D eigenvalue weighted by Gasteiger charge is 2.08. The van der Waals surface area contributed by atoms with Crippen LogP contribution in [0.25, 0.3) is 0 Å². The first-order valence-corrected chi connectivity index (χ1v) is 6.83. The molecule has 0 aliphatic carbocycles. The highest BCUT2D eigenvalue weighted by atomic mass is 16.4. The van der Waals surface area contributed by atoms with Gasteiger partial charge >= 0.3 is 0 Å². The van der Waals surface area contributed by atoms with E-state index in [1.54, 1.807) is 0 Å². The van der Waals surface area contributed by atoms with E-state index in [4.69, 9.17) is 4.42 Å². The molecule has 0 aliphatic rings. The SMILES string of the molecule is CNc1nc(C)c(CCc2ccc(C(C)C)cc2)o1. The number of oxazole rings is 1. The Balaban J connectivity index is 1.99. The van der Waals surface area contributed by atoms with Gasteiger partial charge in [-0.1, -0.05) is 38.1 Å². The molecular weight excluding hydrogens is 236 g/mol. The lowest BCUT2D eigenvalue weighted by Crippen LogP contribution is -1.93. The largest absolute Gasteiger partial charge is 0.428 e. The van der Waals surface area contributed by atoms with Crippen molar-refractivity contribution in [2.24, 2.45) is 0 Å². The molecule has 0 unspecified atom stereocenters. The van der Waals surface area contributed by atoms with Crippen LogP contribution in [0.5, 0.6) is 0 Å². The maximum Gasteiger partial charge on any atom is 0.294 e. The van der Waals surface area contributed by atoms with Crippen LogP contribution in [-0.4, -0.2) is 12.0 Å². The average Bonchev–Trinajstić information content (AvgIpc) is 2.77. The number of rotatable bonds is 5. The van der Waals surface area contributed by atoms with Crippen molar-refractivity contribution in [1.82, 2.24) is 4.98 Å². The van der Waals surface area contributed by atoms with Crippen LogP contribution < -0.4 is 5.32 Å². The van der Waals surface area contributed by atoms with Gasteiger partial charge in [0.2, 0.25) is 0 Å². The van der Waals surface area contributed by atoms with Crippen molar-refractivity contribution in [3.8, 4) is 0 Å². The minimum atomic E-state index is 0.587. The summed E-state index contributed by atoms with van der Waals surface area (Å²) in [6.07, 6.45) is 1.87. The van der Waals surface area contributed by atoms with E-state index in [1.807, 2.05) is 14.0 Å². The standard InChI is InChI=1S/C16H22N2O/c1-11(2)14-8-5-13(6-9-14)7-10-15-12(3)18-16(17-4)19-15/h5-6,8-9,11H,7,10H2,1-4H3,(H,17,18). The molecule has 2 aromatic rings. The van der Waals surface area contributed by atoms with Gasteiger partial charge in [0.1, 0.15) is 5.76 Å². The molecule has 0 bridgehead atoms. The first kappa shape index (κ1) is 13.7. The average molecular weight is 258 g/mol. The van der Waals surface area contributed by atoms with Crippen molar-refractivity contribution < 1.29 is 4.42 Å². The summed E-state index contributed by atoms with van der Waals surface area (Å²) in [6.45, 7) is 6.42. The maximum absolute atomic E-state index is 5.63. The molecule has 1 aromatic carbocycles. The molecule has 0 radical (unpaired) electrons. The van der Waals surface area contributed by atoms with Crippen molar-refractivity contribution in [3.63, 3.8) is 0 Å². The summed E-state index contributed by atoms with van der Waals surface area (Å²) < 4.78 is 5.63. The molecule has 1 aromatic heterocycles.